The molecule has 0 saturated carbocycles. The first-order chi connectivity index (χ1) is 21.7. The molecule has 0 aromatic carbocycles. The Hall–Kier alpha value is -3.64. The maximum absolute atomic E-state index is 13.3. The number of nitrogens with zero attached hydrogens (tertiary/aromatic N) is 6. The lowest BCUT2D eigenvalue weighted by Gasteiger charge is -2.40. The number of phosphoric acid groups is 2. The van der Waals surface area contributed by atoms with Crippen molar-refractivity contribution >= 4 is 49.9 Å². The van der Waals surface area contributed by atoms with Crippen molar-refractivity contribution in [1.29, 1.82) is 0 Å². The molecule has 248 valence electrons. The van der Waals surface area contributed by atoms with E-state index in [4.69, 9.17) is 39.0 Å². The van der Waals surface area contributed by atoms with E-state index in [9.17, 15) is 38.7 Å². The highest BCUT2D eigenvalue weighted by atomic mass is 31.2. The Balaban J connectivity index is 1.18. The van der Waals surface area contributed by atoms with Crippen LogP contribution in [0.3, 0.4) is 0 Å². The number of aromatic nitrogens is 8. The summed E-state index contributed by atoms with van der Waals surface area (Å²) >= 11 is 0. The number of nitrogens with two attached hydrogens (primary N) is 2. The zero-order valence-corrected chi connectivity index (χ0v) is 24.6. The van der Waals surface area contributed by atoms with E-state index in [0.29, 0.717) is 0 Å². The van der Waals surface area contributed by atoms with E-state index < -0.39 is 89.1 Å². The third kappa shape index (κ3) is 5.33. The molecule has 4 aromatic rings. The minimum Gasteiger partial charge on any atom is -0.386 e. The first-order valence-electron chi connectivity index (χ1n) is 13.1. The normalized spacial score (nSPS) is 37.1. The van der Waals surface area contributed by atoms with E-state index in [0.717, 1.165) is 21.8 Å². The molecular formula is C20H24N10O14P2. The molecule has 3 saturated heterocycles. The minimum absolute atomic E-state index is 0.120. The van der Waals surface area contributed by atoms with E-state index in [1.807, 2.05) is 0 Å². The zero-order chi connectivity index (χ0) is 32.7. The van der Waals surface area contributed by atoms with Gasteiger partial charge in [0.15, 0.2) is 34.8 Å². The summed E-state index contributed by atoms with van der Waals surface area (Å²) in [5.74, 6) is -0.562. The van der Waals surface area contributed by atoms with Crippen molar-refractivity contribution in [3.05, 3.63) is 33.4 Å². The van der Waals surface area contributed by atoms with Crippen LogP contribution < -0.4 is 22.6 Å². The Morgan fingerprint density at radius 3 is 1.91 bits per heavy atom. The quantitative estimate of drug-likeness (QED) is 0.0968. The predicted molar refractivity (Wildman–Crippen MR) is 146 cm³/mol. The van der Waals surface area contributed by atoms with Gasteiger partial charge in [-0.05, 0) is 0 Å². The molecule has 3 aliphatic rings. The largest absolute Gasteiger partial charge is 0.473 e. The van der Waals surface area contributed by atoms with Gasteiger partial charge in [0.2, 0.25) is 11.9 Å². The van der Waals surface area contributed by atoms with Gasteiger partial charge in [-0.1, -0.05) is 0 Å². The molecule has 10 N–H and O–H groups in total. The number of aliphatic hydroxyl groups is 2. The minimum atomic E-state index is -5.24. The van der Waals surface area contributed by atoms with Crippen molar-refractivity contribution < 1.29 is 56.7 Å². The van der Waals surface area contributed by atoms with Crippen molar-refractivity contribution in [2.45, 2.75) is 49.1 Å². The molecule has 7 rings (SSSR count). The maximum atomic E-state index is 13.3. The molecule has 7 heterocycles. The van der Waals surface area contributed by atoms with E-state index in [1.54, 1.807) is 0 Å². The first kappa shape index (κ1) is 31.0. The molecule has 46 heavy (non-hydrogen) atoms. The SMILES string of the molecule is Nc1nc2c(ncn2[C@@H]2OC[C@H]3OP(=O)(O)OC4C(O)[C@H](n5cnc6c(=O)[nH]c(N)nc65)O[C@@H]4COP(=O)(O)OC3C2O)c(=O)[nH]1. The average Bonchev–Trinajstić information content (AvgIpc) is 3.65. The molecule has 3 aliphatic heterocycles. The summed E-state index contributed by atoms with van der Waals surface area (Å²) in [6.07, 6.45) is -11.4. The monoisotopic (exact) mass is 690 g/mol. The van der Waals surface area contributed by atoms with Crippen LogP contribution in [0.15, 0.2) is 22.2 Å². The van der Waals surface area contributed by atoms with Gasteiger partial charge in [0.25, 0.3) is 11.1 Å². The Morgan fingerprint density at radius 1 is 0.783 bits per heavy atom. The summed E-state index contributed by atoms with van der Waals surface area (Å²) < 4.78 is 60.8. The van der Waals surface area contributed by atoms with Crippen LogP contribution in [0, 0.1) is 0 Å². The number of phosphoric ester groups is 2. The van der Waals surface area contributed by atoms with Gasteiger partial charge in [-0.2, -0.15) is 9.97 Å². The van der Waals surface area contributed by atoms with Crippen LogP contribution in [0.1, 0.15) is 12.5 Å². The number of fused-ring (bicyclic) bond motifs is 4. The zero-order valence-electron chi connectivity index (χ0n) is 22.8. The molecule has 3 fully saturated rings. The number of aromatic amines is 2. The standard InChI is InChI=1S/C20H24N10O14P2/c21-19-25-13-7(15(33)27-19)23-3-29(13)17-9(31)12-6(1-39-17)42-46(37,38)44-11-5(2-40-45(35,36)43-12)41-18(10(11)32)30-4-24-8-14(30)26-20(22)28-16(8)34/h3-6,9-12,17-18,31-32H,1-2H2,(H,35,36)(H,37,38)(H3,21,25,27,33)(H3,22,26,28,34)/t5-,6-,9?,10?,11?,12?,17-,18-/m1/s1. The van der Waals surface area contributed by atoms with Crippen molar-refractivity contribution in [2.24, 2.45) is 0 Å². The number of H-pyrrole nitrogens is 2. The third-order valence-corrected chi connectivity index (χ3v) is 9.40. The fraction of sp³-hybridized carbons (Fsp3) is 0.500. The van der Waals surface area contributed by atoms with Crippen LogP contribution >= 0.6 is 15.6 Å². The molecule has 0 radical (unpaired) electrons. The van der Waals surface area contributed by atoms with Crippen LogP contribution in [0.5, 0.6) is 0 Å². The average molecular weight is 690 g/mol. The topological polar surface area (TPSA) is 350 Å². The van der Waals surface area contributed by atoms with Crippen LogP contribution in [-0.4, -0.2) is 109 Å². The van der Waals surface area contributed by atoms with Crippen molar-refractivity contribution in [2.75, 3.05) is 24.7 Å². The van der Waals surface area contributed by atoms with Gasteiger partial charge >= 0.3 is 15.6 Å². The van der Waals surface area contributed by atoms with Crippen molar-refractivity contribution in [3.8, 4) is 0 Å². The van der Waals surface area contributed by atoms with Crippen molar-refractivity contribution in [3.63, 3.8) is 0 Å². The van der Waals surface area contributed by atoms with Crippen LogP contribution in [0.4, 0.5) is 11.9 Å². The Morgan fingerprint density at radius 2 is 1.30 bits per heavy atom. The predicted octanol–water partition coefficient (Wildman–Crippen LogP) is -3.05. The highest BCUT2D eigenvalue weighted by molar-refractivity contribution is 7.47. The molecule has 24 nitrogen and oxygen atoms in total. The van der Waals surface area contributed by atoms with Gasteiger partial charge in [0.05, 0.1) is 25.9 Å². The highest BCUT2D eigenvalue weighted by Crippen LogP contribution is 2.55. The summed E-state index contributed by atoms with van der Waals surface area (Å²) in [5.41, 5.74) is 9.27. The number of nitrogens with one attached hydrogen (secondary N) is 2. The molecule has 0 bridgehead atoms. The lowest BCUT2D eigenvalue weighted by molar-refractivity contribution is -0.203. The number of rotatable bonds is 2. The molecule has 0 aliphatic carbocycles. The second-order valence-corrected chi connectivity index (χ2v) is 13.1. The second-order valence-electron chi connectivity index (χ2n) is 10.3. The molecule has 0 amide bonds. The summed E-state index contributed by atoms with van der Waals surface area (Å²) in [4.78, 5) is 66.1. The summed E-state index contributed by atoms with van der Waals surface area (Å²) in [5, 5.41) is 22.4. The second kappa shape index (κ2) is 11.0. The van der Waals surface area contributed by atoms with E-state index in [1.165, 1.54) is 0 Å². The third-order valence-electron chi connectivity index (χ3n) is 7.37. The van der Waals surface area contributed by atoms with Crippen molar-refractivity contribution in [1.82, 2.24) is 39.0 Å². The summed E-state index contributed by atoms with van der Waals surface area (Å²) in [6.45, 7) is -1.52. The number of aliphatic hydroxyl groups excluding tert-OH is 2. The summed E-state index contributed by atoms with van der Waals surface area (Å²) in [7, 11) is -10.4. The smallest absolute Gasteiger partial charge is 0.386 e. The number of anilines is 2. The van der Waals surface area contributed by atoms with Crippen LogP contribution in [0.25, 0.3) is 22.3 Å². The maximum Gasteiger partial charge on any atom is 0.473 e. The Bertz CT molecular complexity index is 1960. The highest BCUT2D eigenvalue weighted by Gasteiger charge is 2.54. The lowest BCUT2D eigenvalue weighted by atomic mass is 10.0. The van der Waals surface area contributed by atoms with Crippen LogP contribution in [-0.2, 0) is 36.7 Å². The molecule has 0 spiro atoms. The van der Waals surface area contributed by atoms with Gasteiger partial charge in [-0.3, -0.25) is 46.8 Å². The van der Waals surface area contributed by atoms with E-state index >= 15 is 0 Å². The molecule has 6 unspecified atom stereocenters. The lowest BCUT2D eigenvalue weighted by Crippen LogP contribution is -2.52. The van der Waals surface area contributed by atoms with E-state index in [-0.39, 0.29) is 34.2 Å². The molecule has 10 atom stereocenters. The van der Waals surface area contributed by atoms with Gasteiger partial charge in [-0.15, -0.1) is 0 Å². The van der Waals surface area contributed by atoms with Gasteiger partial charge in [0, 0.05) is 0 Å². The van der Waals surface area contributed by atoms with Gasteiger partial charge in [-0.25, -0.2) is 19.1 Å². The number of imidazole rings is 2. The number of hydrogen-bond donors (Lipinski definition) is 8. The first-order valence-corrected chi connectivity index (χ1v) is 16.1. The number of nitrogen functional groups attached to an aromatic ring is 2. The fourth-order valence-electron chi connectivity index (χ4n) is 5.41. The van der Waals surface area contributed by atoms with E-state index in [2.05, 4.69) is 29.9 Å². The van der Waals surface area contributed by atoms with Crippen LogP contribution in [0.2, 0.25) is 0 Å². The molecule has 4 aromatic heterocycles. The Labute approximate surface area is 253 Å². The Kier molecular flexibility index (Phi) is 7.39. The molecule has 26 heteroatoms. The number of ether oxygens (including phenoxy) is 2. The van der Waals surface area contributed by atoms with Gasteiger partial charge < -0.3 is 40.9 Å². The number of hydrogen-bond acceptors (Lipinski definition) is 18. The van der Waals surface area contributed by atoms with Gasteiger partial charge in [0.1, 0.15) is 36.6 Å². The fourth-order valence-corrected chi connectivity index (χ4v) is 7.51. The summed E-state index contributed by atoms with van der Waals surface area (Å²) in [6, 6.07) is 0. The molecular weight excluding hydrogens is 666 g/mol.